The molecule has 2 unspecified atom stereocenters. The van der Waals surface area contributed by atoms with E-state index >= 15 is 0 Å². The molecule has 0 saturated carbocycles. The number of nitrogens with zero attached hydrogens (tertiary/aromatic N) is 1. The van der Waals surface area contributed by atoms with Crippen molar-refractivity contribution < 1.29 is 19.4 Å². The predicted octanol–water partition coefficient (Wildman–Crippen LogP) is 1.13. The Balaban J connectivity index is 2.43. The number of aliphatic hydroxyl groups excluding tert-OH is 1. The first-order valence-corrected chi connectivity index (χ1v) is 7.12. The molecule has 1 fully saturated rings. The van der Waals surface area contributed by atoms with E-state index in [1.807, 2.05) is 0 Å². The maximum absolute atomic E-state index is 11.8. The number of likely N-dealkylation sites (tertiary alicyclic amines) is 1. The summed E-state index contributed by atoms with van der Waals surface area (Å²) in [7, 11) is 0. The van der Waals surface area contributed by atoms with Crippen molar-refractivity contribution in [3.8, 4) is 0 Å². The van der Waals surface area contributed by atoms with Gasteiger partial charge < -0.3 is 9.84 Å². The number of ether oxygens (including phenoxy) is 1. The molecule has 1 heterocycles. The first-order chi connectivity index (χ1) is 9.02. The molecular formula is C14H25NO4. The van der Waals surface area contributed by atoms with Gasteiger partial charge in [-0.25, -0.2) is 0 Å². The monoisotopic (exact) mass is 271 g/mol. The highest BCUT2D eigenvalue weighted by molar-refractivity contribution is 5.96. The Kier molecular flexibility index (Phi) is 7.02. The number of Topliss-reactive ketones (excluding diaryl/α,β-unsaturated/α-hetero) is 1. The molecular weight excluding hydrogens is 246 g/mol. The first kappa shape index (κ1) is 16.1. The number of hydrogen-bond acceptors (Lipinski definition) is 5. The minimum absolute atomic E-state index is 0.101. The van der Waals surface area contributed by atoms with Gasteiger partial charge in [-0.3, -0.25) is 14.5 Å². The lowest BCUT2D eigenvalue weighted by Gasteiger charge is -2.35. The Hall–Kier alpha value is -0.940. The van der Waals surface area contributed by atoms with Crippen LogP contribution in [-0.4, -0.2) is 53.6 Å². The summed E-state index contributed by atoms with van der Waals surface area (Å²) in [5.41, 5.74) is 0. The summed E-state index contributed by atoms with van der Waals surface area (Å²) < 4.78 is 4.77. The van der Waals surface area contributed by atoms with E-state index in [2.05, 4.69) is 4.90 Å². The lowest BCUT2D eigenvalue weighted by atomic mass is 9.97. The van der Waals surface area contributed by atoms with Crippen LogP contribution in [0, 0.1) is 0 Å². The Morgan fingerprint density at radius 2 is 2.16 bits per heavy atom. The topological polar surface area (TPSA) is 66.8 Å². The molecule has 0 aromatic carbocycles. The predicted molar refractivity (Wildman–Crippen MR) is 71.8 cm³/mol. The van der Waals surface area contributed by atoms with Crippen LogP contribution in [0.3, 0.4) is 0 Å². The molecule has 0 aromatic heterocycles. The zero-order chi connectivity index (χ0) is 14.3. The lowest BCUT2D eigenvalue weighted by molar-refractivity contribution is -0.145. The molecule has 2 atom stereocenters. The summed E-state index contributed by atoms with van der Waals surface area (Å²) in [5.74, 6) is -0.549. The highest BCUT2D eigenvalue weighted by Crippen LogP contribution is 2.20. The highest BCUT2D eigenvalue weighted by atomic mass is 16.5. The van der Waals surface area contributed by atoms with E-state index in [4.69, 9.17) is 4.74 Å². The van der Waals surface area contributed by atoms with Gasteiger partial charge in [-0.2, -0.15) is 0 Å². The molecule has 0 amide bonds. The van der Waals surface area contributed by atoms with E-state index in [9.17, 15) is 14.7 Å². The molecule has 0 aliphatic carbocycles. The smallest absolute Gasteiger partial charge is 0.313 e. The summed E-state index contributed by atoms with van der Waals surface area (Å²) >= 11 is 0. The van der Waals surface area contributed by atoms with Gasteiger partial charge in [0.25, 0.3) is 0 Å². The van der Waals surface area contributed by atoms with Crippen molar-refractivity contribution in [2.24, 2.45) is 0 Å². The number of rotatable bonds is 7. The SMILES string of the molecule is CCOC(=O)CC(=O)CN1CCCCC1CC(C)O. The van der Waals surface area contributed by atoms with Gasteiger partial charge in [0.2, 0.25) is 0 Å². The number of esters is 1. The second kappa shape index (κ2) is 8.27. The first-order valence-electron chi connectivity index (χ1n) is 7.12. The summed E-state index contributed by atoms with van der Waals surface area (Å²) in [6.45, 7) is 4.96. The minimum Gasteiger partial charge on any atom is -0.466 e. The zero-order valence-electron chi connectivity index (χ0n) is 11.9. The number of carbonyl (C=O) groups is 2. The molecule has 1 rings (SSSR count). The second-order valence-corrected chi connectivity index (χ2v) is 5.23. The van der Waals surface area contributed by atoms with Gasteiger partial charge in [-0.1, -0.05) is 6.42 Å². The average molecular weight is 271 g/mol. The largest absolute Gasteiger partial charge is 0.466 e. The summed E-state index contributed by atoms with van der Waals surface area (Å²) in [4.78, 5) is 25.2. The lowest BCUT2D eigenvalue weighted by Crippen LogP contribution is -2.44. The van der Waals surface area contributed by atoms with Crippen molar-refractivity contribution in [3.05, 3.63) is 0 Å². The fourth-order valence-corrected chi connectivity index (χ4v) is 2.58. The van der Waals surface area contributed by atoms with Crippen molar-refractivity contribution in [2.45, 2.75) is 58.1 Å². The van der Waals surface area contributed by atoms with Crippen molar-refractivity contribution >= 4 is 11.8 Å². The van der Waals surface area contributed by atoms with E-state index in [1.54, 1.807) is 13.8 Å². The van der Waals surface area contributed by atoms with Crippen molar-refractivity contribution in [1.82, 2.24) is 4.90 Å². The number of piperidine rings is 1. The Labute approximate surface area is 114 Å². The zero-order valence-corrected chi connectivity index (χ0v) is 11.9. The molecule has 110 valence electrons. The molecule has 1 N–H and O–H groups in total. The third-order valence-electron chi connectivity index (χ3n) is 3.39. The number of hydrogen-bond donors (Lipinski definition) is 1. The maximum atomic E-state index is 11.8. The van der Waals surface area contributed by atoms with E-state index < -0.39 is 5.97 Å². The summed E-state index contributed by atoms with van der Waals surface area (Å²) in [5, 5.41) is 9.49. The number of aliphatic hydroxyl groups is 1. The van der Waals surface area contributed by atoms with Crippen molar-refractivity contribution in [3.63, 3.8) is 0 Å². The van der Waals surface area contributed by atoms with Crippen LogP contribution in [0.15, 0.2) is 0 Å². The summed E-state index contributed by atoms with van der Waals surface area (Å²) in [6, 6.07) is 0.250. The number of ketones is 1. The van der Waals surface area contributed by atoms with Crippen LogP contribution in [0.1, 0.15) is 46.0 Å². The van der Waals surface area contributed by atoms with Gasteiger partial charge in [-0.05, 0) is 39.7 Å². The van der Waals surface area contributed by atoms with Gasteiger partial charge in [-0.15, -0.1) is 0 Å². The summed E-state index contributed by atoms with van der Waals surface area (Å²) in [6.07, 6.45) is 3.41. The van der Waals surface area contributed by atoms with Crippen LogP contribution in [0.25, 0.3) is 0 Å². The minimum atomic E-state index is -0.448. The normalized spacial score (nSPS) is 21.9. The van der Waals surface area contributed by atoms with Gasteiger partial charge >= 0.3 is 5.97 Å². The molecule has 0 spiro atoms. The third-order valence-corrected chi connectivity index (χ3v) is 3.39. The van der Waals surface area contributed by atoms with Crippen LogP contribution in [-0.2, 0) is 14.3 Å². The van der Waals surface area contributed by atoms with Gasteiger partial charge in [0.1, 0.15) is 6.42 Å². The van der Waals surface area contributed by atoms with Crippen molar-refractivity contribution in [1.29, 1.82) is 0 Å². The van der Waals surface area contributed by atoms with E-state index in [0.717, 1.165) is 25.8 Å². The van der Waals surface area contributed by atoms with Gasteiger partial charge in [0, 0.05) is 6.04 Å². The molecule has 0 bridgehead atoms. The molecule has 1 saturated heterocycles. The van der Waals surface area contributed by atoms with E-state index in [-0.39, 0.29) is 30.9 Å². The van der Waals surface area contributed by atoms with Crippen LogP contribution in [0.4, 0.5) is 0 Å². The van der Waals surface area contributed by atoms with Gasteiger partial charge in [0.05, 0.1) is 19.3 Å². The van der Waals surface area contributed by atoms with Crippen LogP contribution >= 0.6 is 0 Å². The fourth-order valence-electron chi connectivity index (χ4n) is 2.58. The molecule has 5 heteroatoms. The van der Waals surface area contributed by atoms with Crippen LogP contribution in [0.2, 0.25) is 0 Å². The number of carbonyl (C=O) groups excluding carboxylic acids is 2. The standard InChI is InChI=1S/C14H25NO4/c1-3-19-14(18)9-13(17)10-15-7-5-4-6-12(15)8-11(2)16/h11-12,16H,3-10H2,1-2H3. The second-order valence-electron chi connectivity index (χ2n) is 5.23. The molecule has 19 heavy (non-hydrogen) atoms. The van der Waals surface area contributed by atoms with E-state index in [0.29, 0.717) is 13.0 Å². The molecule has 0 radical (unpaired) electrons. The van der Waals surface area contributed by atoms with Gasteiger partial charge in [0.15, 0.2) is 5.78 Å². The quantitative estimate of drug-likeness (QED) is 0.555. The molecule has 0 aromatic rings. The molecule has 5 nitrogen and oxygen atoms in total. The third kappa shape index (κ3) is 6.16. The van der Waals surface area contributed by atoms with Crippen LogP contribution < -0.4 is 0 Å². The fraction of sp³-hybridized carbons (Fsp3) is 0.857. The van der Waals surface area contributed by atoms with E-state index in [1.165, 1.54) is 0 Å². The van der Waals surface area contributed by atoms with Crippen molar-refractivity contribution in [2.75, 3.05) is 19.7 Å². The Bertz CT molecular complexity index is 304. The Morgan fingerprint density at radius 1 is 1.42 bits per heavy atom. The average Bonchev–Trinajstić information content (AvgIpc) is 2.31. The Morgan fingerprint density at radius 3 is 2.79 bits per heavy atom. The van der Waals surface area contributed by atoms with Crippen LogP contribution in [0.5, 0.6) is 0 Å². The maximum Gasteiger partial charge on any atom is 0.313 e. The molecule has 1 aliphatic rings. The molecule has 1 aliphatic heterocycles. The highest BCUT2D eigenvalue weighted by Gasteiger charge is 2.25.